The van der Waals surface area contributed by atoms with Gasteiger partial charge in [0.15, 0.2) is 0 Å². The number of amides is 3. The van der Waals surface area contributed by atoms with Crippen LogP contribution in [0.25, 0.3) is 0 Å². The SMILES string of the molecule is NC(=O)CC1CCN(C(=O)C2CNC(=O)C2)CC1. The Morgan fingerprint density at radius 3 is 2.50 bits per heavy atom. The molecule has 0 aromatic rings. The Morgan fingerprint density at radius 2 is 2.00 bits per heavy atom. The molecule has 0 aromatic heterocycles. The fourth-order valence-corrected chi connectivity index (χ4v) is 2.68. The van der Waals surface area contributed by atoms with Crippen LogP contribution in [0, 0.1) is 11.8 Å². The highest BCUT2D eigenvalue weighted by molar-refractivity contribution is 5.89. The quantitative estimate of drug-likeness (QED) is 0.692. The second-order valence-corrected chi connectivity index (χ2v) is 5.14. The molecule has 0 radical (unpaired) electrons. The Labute approximate surface area is 106 Å². The monoisotopic (exact) mass is 253 g/mol. The van der Waals surface area contributed by atoms with Gasteiger partial charge in [-0.1, -0.05) is 0 Å². The summed E-state index contributed by atoms with van der Waals surface area (Å²) in [6.07, 6.45) is 2.36. The van der Waals surface area contributed by atoms with Gasteiger partial charge in [-0.2, -0.15) is 0 Å². The normalized spacial score (nSPS) is 25.0. The molecule has 100 valence electrons. The third-order valence-corrected chi connectivity index (χ3v) is 3.74. The van der Waals surface area contributed by atoms with Crippen LogP contribution in [0.4, 0.5) is 0 Å². The molecule has 0 bridgehead atoms. The van der Waals surface area contributed by atoms with Gasteiger partial charge < -0.3 is 16.0 Å². The molecule has 0 aliphatic carbocycles. The molecule has 3 N–H and O–H groups in total. The van der Waals surface area contributed by atoms with E-state index in [1.807, 2.05) is 4.90 Å². The third kappa shape index (κ3) is 3.00. The van der Waals surface area contributed by atoms with Crippen LogP contribution in [0.2, 0.25) is 0 Å². The molecule has 1 atom stereocenters. The molecule has 2 rings (SSSR count). The van der Waals surface area contributed by atoms with Crippen LogP contribution in [-0.2, 0) is 14.4 Å². The lowest BCUT2D eigenvalue weighted by atomic mass is 9.92. The highest BCUT2D eigenvalue weighted by Crippen LogP contribution is 2.22. The molecule has 18 heavy (non-hydrogen) atoms. The van der Waals surface area contributed by atoms with Crippen molar-refractivity contribution in [2.45, 2.75) is 25.7 Å². The zero-order valence-electron chi connectivity index (χ0n) is 10.4. The molecule has 1 unspecified atom stereocenters. The van der Waals surface area contributed by atoms with Gasteiger partial charge in [0.25, 0.3) is 0 Å². The highest BCUT2D eigenvalue weighted by Gasteiger charge is 2.33. The van der Waals surface area contributed by atoms with Crippen molar-refractivity contribution in [2.24, 2.45) is 17.6 Å². The fraction of sp³-hybridized carbons (Fsp3) is 0.750. The maximum Gasteiger partial charge on any atom is 0.227 e. The van der Waals surface area contributed by atoms with E-state index in [-0.39, 0.29) is 23.6 Å². The van der Waals surface area contributed by atoms with E-state index in [2.05, 4.69) is 5.32 Å². The van der Waals surface area contributed by atoms with Gasteiger partial charge in [0.2, 0.25) is 17.7 Å². The number of carbonyl (C=O) groups is 3. The zero-order valence-corrected chi connectivity index (χ0v) is 10.4. The number of hydrogen-bond donors (Lipinski definition) is 2. The summed E-state index contributed by atoms with van der Waals surface area (Å²) < 4.78 is 0. The van der Waals surface area contributed by atoms with Gasteiger partial charge in [-0.3, -0.25) is 14.4 Å². The number of rotatable bonds is 3. The number of piperidine rings is 1. The van der Waals surface area contributed by atoms with E-state index in [1.54, 1.807) is 0 Å². The summed E-state index contributed by atoms with van der Waals surface area (Å²) in [5.74, 6) is -0.159. The summed E-state index contributed by atoms with van der Waals surface area (Å²) in [5, 5.41) is 2.68. The van der Waals surface area contributed by atoms with Crippen LogP contribution < -0.4 is 11.1 Å². The molecule has 2 saturated heterocycles. The summed E-state index contributed by atoms with van der Waals surface area (Å²) in [7, 11) is 0. The second-order valence-electron chi connectivity index (χ2n) is 5.14. The first-order valence-electron chi connectivity index (χ1n) is 6.40. The topological polar surface area (TPSA) is 92.5 Å². The van der Waals surface area contributed by atoms with Crippen LogP contribution in [0.1, 0.15) is 25.7 Å². The molecule has 2 aliphatic rings. The number of nitrogens with two attached hydrogens (primary N) is 1. The third-order valence-electron chi connectivity index (χ3n) is 3.74. The van der Waals surface area contributed by atoms with Crippen LogP contribution in [0.5, 0.6) is 0 Å². The molecule has 6 heteroatoms. The van der Waals surface area contributed by atoms with E-state index in [1.165, 1.54) is 0 Å². The van der Waals surface area contributed by atoms with Gasteiger partial charge in [0, 0.05) is 32.5 Å². The fourth-order valence-electron chi connectivity index (χ4n) is 2.68. The Morgan fingerprint density at radius 1 is 1.33 bits per heavy atom. The van der Waals surface area contributed by atoms with Gasteiger partial charge in [0.1, 0.15) is 0 Å². The van der Waals surface area contributed by atoms with Crippen molar-refractivity contribution in [2.75, 3.05) is 19.6 Å². The van der Waals surface area contributed by atoms with E-state index >= 15 is 0 Å². The van der Waals surface area contributed by atoms with Crippen molar-refractivity contribution in [1.29, 1.82) is 0 Å². The number of primary amides is 1. The molecular formula is C12H19N3O3. The average molecular weight is 253 g/mol. The zero-order chi connectivity index (χ0) is 13.1. The van der Waals surface area contributed by atoms with Crippen LogP contribution >= 0.6 is 0 Å². The average Bonchev–Trinajstić information content (AvgIpc) is 2.75. The largest absolute Gasteiger partial charge is 0.370 e. The predicted octanol–water partition coefficient (Wildman–Crippen LogP) is -0.763. The van der Waals surface area contributed by atoms with E-state index in [0.29, 0.717) is 38.4 Å². The van der Waals surface area contributed by atoms with E-state index < -0.39 is 0 Å². The van der Waals surface area contributed by atoms with Crippen molar-refractivity contribution < 1.29 is 14.4 Å². The maximum absolute atomic E-state index is 12.1. The number of likely N-dealkylation sites (tertiary alicyclic amines) is 1. The lowest BCUT2D eigenvalue weighted by molar-refractivity contribution is -0.137. The Balaban J connectivity index is 1.80. The summed E-state index contributed by atoms with van der Waals surface area (Å²) >= 11 is 0. The van der Waals surface area contributed by atoms with E-state index in [9.17, 15) is 14.4 Å². The molecule has 6 nitrogen and oxygen atoms in total. The maximum atomic E-state index is 12.1. The summed E-state index contributed by atoms with van der Waals surface area (Å²) in [5.41, 5.74) is 5.17. The minimum atomic E-state index is -0.273. The van der Waals surface area contributed by atoms with Crippen molar-refractivity contribution in [3.8, 4) is 0 Å². The van der Waals surface area contributed by atoms with Crippen molar-refractivity contribution in [1.82, 2.24) is 10.2 Å². The molecule has 0 spiro atoms. The number of nitrogens with zero attached hydrogens (tertiary/aromatic N) is 1. The van der Waals surface area contributed by atoms with Crippen LogP contribution in [0.15, 0.2) is 0 Å². The second kappa shape index (κ2) is 5.37. The van der Waals surface area contributed by atoms with Crippen LogP contribution in [-0.4, -0.2) is 42.3 Å². The van der Waals surface area contributed by atoms with Crippen molar-refractivity contribution in [3.05, 3.63) is 0 Å². The van der Waals surface area contributed by atoms with E-state index in [4.69, 9.17) is 5.73 Å². The number of nitrogens with one attached hydrogen (secondary N) is 1. The lowest BCUT2D eigenvalue weighted by Crippen LogP contribution is -2.42. The Kier molecular flexibility index (Phi) is 3.84. The lowest BCUT2D eigenvalue weighted by Gasteiger charge is -2.32. The summed E-state index contributed by atoms with van der Waals surface area (Å²) in [4.78, 5) is 35.8. The van der Waals surface area contributed by atoms with Gasteiger partial charge in [-0.05, 0) is 18.8 Å². The molecule has 2 fully saturated rings. The smallest absolute Gasteiger partial charge is 0.227 e. The standard InChI is InChI=1S/C12H19N3O3/c13-10(16)5-8-1-3-15(4-2-8)12(18)9-6-11(17)14-7-9/h8-9H,1-7H2,(H2,13,16)(H,14,17). The molecule has 3 amide bonds. The Bertz CT molecular complexity index is 362. The van der Waals surface area contributed by atoms with Gasteiger partial charge in [-0.15, -0.1) is 0 Å². The first-order chi connectivity index (χ1) is 8.56. The van der Waals surface area contributed by atoms with Crippen molar-refractivity contribution in [3.63, 3.8) is 0 Å². The van der Waals surface area contributed by atoms with E-state index in [0.717, 1.165) is 12.8 Å². The molecule has 0 saturated carbocycles. The number of carbonyl (C=O) groups excluding carboxylic acids is 3. The van der Waals surface area contributed by atoms with Gasteiger partial charge >= 0.3 is 0 Å². The first-order valence-corrected chi connectivity index (χ1v) is 6.40. The predicted molar refractivity (Wildman–Crippen MR) is 64.2 cm³/mol. The molecule has 2 heterocycles. The number of hydrogen-bond acceptors (Lipinski definition) is 3. The molecular weight excluding hydrogens is 234 g/mol. The van der Waals surface area contributed by atoms with Gasteiger partial charge in [0.05, 0.1) is 5.92 Å². The summed E-state index contributed by atoms with van der Waals surface area (Å²) in [6, 6.07) is 0. The first kappa shape index (κ1) is 12.9. The van der Waals surface area contributed by atoms with Crippen LogP contribution in [0.3, 0.4) is 0 Å². The van der Waals surface area contributed by atoms with Crippen molar-refractivity contribution >= 4 is 17.7 Å². The molecule has 0 aromatic carbocycles. The summed E-state index contributed by atoms with van der Waals surface area (Å²) in [6.45, 7) is 1.79. The minimum Gasteiger partial charge on any atom is -0.370 e. The minimum absolute atomic E-state index is 0.0445. The van der Waals surface area contributed by atoms with Gasteiger partial charge in [-0.25, -0.2) is 0 Å². The molecule has 2 aliphatic heterocycles. The Hall–Kier alpha value is -1.59. The highest BCUT2D eigenvalue weighted by atomic mass is 16.2.